The molecule has 0 N–H and O–H groups in total. The first-order valence-electron chi connectivity index (χ1n) is 4.98. The lowest BCUT2D eigenvalue weighted by Gasteiger charge is -2.22. The molecule has 0 aromatic heterocycles. The van der Waals surface area contributed by atoms with Crippen molar-refractivity contribution in [2.24, 2.45) is 5.11 Å². The van der Waals surface area contributed by atoms with Crippen LogP contribution in [0, 0.1) is 0 Å². The summed E-state index contributed by atoms with van der Waals surface area (Å²) < 4.78 is 5.20. The van der Waals surface area contributed by atoms with Gasteiger partial charge < -0.3 is 4.74 Å². The molecular formula is C9H15N3O2. The highest BCUT2D eigenvalue weighted by atomic mass is 16.5. The van der Waals surface area contributed by atoms with Gasteiger partial charge in [-0.1, -0.05) is 11.5 Å². The predicted molar refractivity (Wildman–Crippen MR) is 51.6 cm³/mol. The number of rotatable bonds is 3. The normalized spacial score (nSPS) is 19.5. The third-order valence-electron chi connectivity index (χ3n) is 2.40. The van der Waals surface area contributed by atoms with Gasteiger partial charge in [0.15, 0.2) is 0 Å². The molecule has 0 heterocycles. The average Bonchev–Trinajstić information content (AvgIpc) is 2.19. The summed E-state index contributed by atoms with van der Waals surface area (Å²) in [5, 5.41) is 3.30. The van der Waals surface area contributed by atoms with Crippen molar-refractivity contribution in [1.82, 2.24) is 0 Å². The smallest absolute Gasteiger partial charge is 0.314 e. The maximum absolute atomic E-state index is 11.3. The molecule has 0 aromatic carbocycles. The van der Waals surface area contributed by atoms with E-state index >= 15 is 0 Å². The number of nitrogens with zero attached hydrogens (tertiary/aromatic N) is 3. The second kappa shape index (κ2) is 5.50. The van der Waals surface area contributed by atoms with E-state index in [1.807, 2.05) is 0 Å². The molecule has 1 aliphatic carbocycles. The molecule has 1 saturated carbocycles. The van der Waals surface area contributed by atoms with Gasteiger partial charge in [0.1, 0.15) is 12.1 Å². The molecule has 1 atom stereocenters. The molecule has 1 aliphatic rings. The Balaban J connectivity index is 2.34. The van der Waals surface area contributed by atoms with Gasteiger partial charge in [0.2, 0.25) is 0 Å². The lowest BCUT2D eigenvalue weighted by atomic mass is 9.98. The van der Waals surface area contributed by atoms with Crippen LogP contribution in [0.5, 0.6) is 0 Å². The van der Waals surface area contributed by atoms with Crippen LogP contribution in [0.15, 0.2) is 5.11 Å². The predicted octanol–water partition coefficient (Wildman–Crippen LogP) is 2.56. The van der Waals surface area contributed by atoms with Gasteiger partial charge in [0.05, 0.1) is 0 Å². The van der Waals surface area contributed by atoms with Gasteiger partial charge in [-0.15, -0.1) is 0 Å². The number of azide groups is 1. The van der Waals surface area contributed by atoms with Crippen molar-refractivity contribution in [2.45, 2.75) is 51.2 Å². The van der Waals surface area contributed by atoms with Gasteiger partial charge in [-0.3, -0.25) is 4.79 Å². The number of ether oxygens (including phenoxy) is 1. The maximum atomic E-state index is 11.3. The highest BCUT2D eigenvalue weighted by molar-refractivity contribution is 5.75. The first kappa shape index (κ1) is 10.9. The Morgan fingerprint density at radius 1 is 1.50 bits per heavy atom. The van der Waals surface area contributed by atoms with E-state index in [2.05, 4.69) is 10.0 Å². The Morgan fingerprint density at radius 3 is 2.71 bits per heavy atom. The van der Waals surface area contributed by atoms with E-state index < -0.39 is 12.0 Å². The summed E-state index contributed by atoms with van der Waals surface area (Å²) in [4.78, 5) is 13.9. The highest BCUT2D eigenvalue weighted by Gasteiger charge is 2.20. The molecule has 0 aromatic rings. The summed E-state index contributed by atoms with van der Waals surface area (Å²) >= 11 is 0. The zero-order chi connectivity index (χ0) is 10.4. The van der Waals surface area contributed by atoms with Crippen LogP contribution in [0.1, 0.15) is 39.0 Å². The molecule has 0 spiro atoms. The molecule has 0 aliphatic heterocycles. The molecule has 5 heteroatoms. The van der Waals surface area contributed by atoms with E-state index in [1.165, 1.54) is 6.42 Å². The molecule has 78 valence electrons. The van der Waals surface area contributed by atoms with Crippen molar-refractivity contribution in [3.63, 3.8) is 0 Å². The van der Waals surface area contributed by atoms with E-state index in [9.17, 15) is 4.79 Å². The van der Waals surface area contributed by atoms with Crippen molar-refractivity contribution in [3.8, 4) is 0 Å². The van der Waals surface area contributed by atoms with Crippen molar-refractivity contribution in [1.29, 1.82) is 0 Å². The van der Waals surface area contributed by atoms with Crippen LogP contribution in [0.4, 0.5) is 0 Å². The van der Waals surface area contributed by atoms with E-state index in [4.69, 9.17) is 10.3 Å². The van der Waals surface area contributed by atoms with Crippen molar-refractivity contribution >= 4 is 5.97 Å². The molecule has 14 heavy (non-hydrogen) atoms. The molecule has 5 nitrogen and oxygen atoms in total. The Kier molecular flexibility index (Phi) is 4.26. The molecule has 1 rings (SSSR count). The van der Waals surface area contributed by atoms with Gasteiger partial charge >= 0.3 is 5.97 Å². The molecule has 1 fully saturated rings. The Morgan fingerprint density at radius 2 is 2.14 bits per heavy atom. The second-order valence-corrected chi connectivity index (χ2v) is 3.58. The third kappa shape index (κ3) is 3.26. The van der Waals surface area contributed by atoms with Gasteiger partial charge in [0, 0.05) is 4.91 Å². The fourth-order valence-corrected chi connectivity index (χ4v) is 1.57. The average molecular weight is 197 g/mol. The molecule has 0 bridgehead atoms. The largest absolute Gasteiger partial charge is 0.462 e. The number of esters is 1. The Bertz CT molecular complexity index is 242. The highest BCUT2D eigenvalue weighted by Crippen LogP contribution is 2.20. The monoisotopic (exact) mass is 197 g/mol. The fraction of sp³-hybridized carbons (Fsp3) is 0.889. The van der Waals surface area contributed by atoms with Gasteiger partial charge in [0.25, 0.3) is 0 Å². The molecule has 0 radical (unpaired) electrons. The standard InChI is InChI=1S/C9H15N3O2/c1-7(11-12-10)9(13)14-8-5-3-2-4-6-8/h7-8H,2-6H2,1H3/t7-/m0/s1. The van der Waals surface area contributed by atoms with E-state index in [-0.39, 0.29) is 6.10 Å². The third-order valence-corrected chi connectivity index (χ3v) is 2.40. The topological polar surface area (TPSA) is 75.1 Å². The Labute approximate surface area is 83.1 Å². The molecular weight excluding hydrogens is 182 g/mol. The second-order valence-electron chi connectivity index (χ2n) is 3.58. The van der Waals surface area contributed by atoms with Gasteiger partial charge in [-0.25, -0.2) is 0 Å². The maximum Gasteiger partial charge on any atom is 0.314 e. The Hall–Kier alpha value is -1.22. The van der Waals surface area contributed by atoms with Crippen molar-refractivity contribution in [2.75, 3.05) is 0 Å². The minimum Gasteiger partial charge on any atom is -0.462 e. The van der Waals surface area contributed by atoms with Crippen LogP contribution in [-0.4, -0.2) is 18.1 Å². The summed E-state index contributed by atoms with van der Waals surface area (Å²) in [6, 6.07) is -0.707. The molecule has 0 saturated heterocycles. The van der Waals surface area contributed by atoms with Gasteiger partial charge in [-0.05, 0) is 38.1 Å². The van der Waals surface area contributed by atoms with Crippen LogP contribution in [0.25, 0.3) is 10.4 Å². The first-order chi connectivity index (χ1) is 6.74. The van der Waals surface area contributed by atoms with Crippen LogP contribution < -0.4 is 0 Å². The quantitative estimate of drug-likeness (QED) is 0.302. The van der Waals surface area contributed by atoms with Crippen LogP contribution in [-0.2, 0) is 9.53 Å². The van der Waals surface area contributed by atoms with Crippen molar-refractivity contribution in [3.05, 3.63) is 10.4 Å². The SMILES string of the molecule is C[C@H](N=[N+]=[N-])C(=O)OC1CCCCC1. The summed E-state index contributed by atoms with van der Waals surface area (Å²) in [7, 11) is 0. The van der Waals surface area contributed by atoms with E-state index in [1.54, 1.807) is 6.92 Å². The lowest BCUT2D eigenvalue weighted by Crippen LogP contribution is -2.26. The number of carbonyl (C=O) groups excluding carboxylic acids is 1. The summed E-state index contributed by atoms with van der Waals surface area (Å²) in [5.74, 6) is -0.408. The fourth-order valence-electron chi connectivity index (χ4n) is 1.57. The number of carbonyl (C=O) groups is 1. The van der Waals surface area contributed by atoms with Crippen LogP contribution in [0.2, 0.25) is 0 Å². The zero-order valence-electron chi connectivity index (χ0n) is 8.35. The summed E-state index contributed by atoms with van der Waals surface area (Å²) in [6.45, 7) is 1.55. The van der Waals surface area contributed by atoms with Crippen molar-refractivity contribution < 1.29 is 9.53 Å². The number of hydrogen-bond donors (Lipinski definition) is 0. The summed E-state index contributed by atoms with van der Waals surface area (Å²) in [6.07, 6.45) is 5.37. The van der Waals surface area contributed by atoms with Crippen LogP contribution >= 0.6 is 0 Å². The van der Waals surface area contributed by atoms with Crippen LogP contribution in [0.3, 0.4) is 0 Å². The first-order valence-corrected chi connectivity index (χ1v) is 4.98. The van der Waals surface area contributed by atoms with E-state index in [0.29, 0.717) is 0 Å². The van der Waals surface area contributed by atoms with E-state index in [0.717, 1.165) is 25.7 Å². The summed E-state index contributed by atoms with van der Waals surface area (Å²) in [5.41, 5.74) is 8.14. The molecule has 0 amide bonds. The minimum absolute atomic E-state index is 0.0348. The minimum atomic E-state index is -0.707. The zero-order valence-corrected chi connectivity index (χ0v) is 8.35. The van der Waals surface area contributed by atoms with Gasteiger partial charge in [-0.2, -0.15) is 0 Å². The number of hydrogen-bond acceptors (Lipinski definition) is 3. The lowest BCUT2D eigenvalue weighted by molar-refractivity contribution is -0.151. The molecule has 0 unspecified atom stereocenters.